The van der Waals surface area contributed by atoms with Gasteiger partial charge in [0, 0.05) is 18.0 Å². The van der Waals surface area contributed by atoms with Crippen LogP contribution in [0.1, 0.15) is 37.2 Å². The largest absolute Gasteiger partial charge is 0.375 e. The summed E-state index contributed by atoms with van der Waals surface area (Å²) < 4.78 is 5.66. The molecule has 1 unspecified atom stereocenters. The molecule has 2 aromatic rings. The van der Waals surface area contributed by atoms with Gasteiger partial charge in [-0.2, -0.15) is 5.10 Å². The molecule has 1 fully saturated rings. The smallest absolute Gasteiger partial charge is 0.272 e. The zero-order valence-electron chi connectivity index (χ0n) is 11.8. The van der Waals surface area contributed by atoms with Gasteiger partial charge in [-0.1, -0.05) is 18.2 Å². The van der Waals surface area contributed by atoms with Crippen LogP contribution >= 0.6 is 0 Å². The molecule has 0 aliphatic carbocycles. The predicted molar refractivity (Wildman–Crippen MR) is 76.6 cm³/mol. The van der Waals surface area contributed by atoms with E-state index in [1.165, 1.54) is 0 Å². The second kappa shape index (κ2) is 4.90. The van der Waals surface area contributed by atoms with Crippen LogP contribution < -0.4 is 5.32 Å². The Morgan fingerprint density at radius 1 is 1.45 bits per heavy atom. The van der Waals surface area contributed by atoms with E-state index < -0.39 is 0 Å². The minimum atomic E-state index is -0.177. The molecule has 2 N–H and O–H groups in total. The van der Waals surface area contributed by atoms with Crippen LogP contribution in [0, 0.1) is 0 Å². The summed E-state index contributed by atoms with van der Waals surface area (Å²) in [5, 5.41) is 10.9. The van der Waals surface area contributed by atoms with Crippen LogP contribution in [-0.4, -0.2) is 34.4 Å². The van der Waals surface area contributed by atoms with Crippen molar-refractivity contribution in [1.82, 2.24) is 15.5 Å². The first-order valence-corrected chi connectivity index (χ1v) is 6.93. The highest BCUT2D eigenvalue weighted by Gasteiger charge is 2.30. The lowest BCUT2D eigenvalue weighted by molar-refractivity contribution is -0.0615. The topological polar surface area (TPSA) is 67.0 Å². The van der Waals surface area contributed by atoms with Crippen molar-refractivity contribution >= 4 is 16.8 Å². The third-order valence-corrected chi connectivity index (χ3v) is 3.72. The second-order valence-corrected chi connectivity index (χ2v) is 5.89. The van der Waals surface area contributed by atoms with Crippen molar-refractivity contribution in [2.75, 3.05) is 6.61 Å². The molecule has 0 radical (unpaired) electrons. The van der Waals surface area contributed by atoms with E-state index in [-0.39, 0.29) is 17.6 Å². The Balaban J connectivity index is 1.76. The molecule has 1 aliphatic heterocycles. The molecule has 2 heterocycles. The van der Waals surface area contributed by atoms with Gasteiger partial charge in [0.1, 0.15) is 0 Å². The standard InChI is InChI=1S/C15H19N3O2/c1-15(2)9-10(7-8-20-15)16-14(19)13-11-5-3-4-6-12(11)17-18-13/h3-6,10H,7-9H2,1-2H3,(H,16,19)(H,17,18). The van der Waals surface area contributed by atoms with Crippen molar-refractivity contribution in [2.24, 2.45) is 0 Å². The van der Waals surface area contributed by atoms with Crippen molar-refractivity contribution < 1.29 is 9.53 Å². The zero-order chi connectivity index (χ0) is 14.2. The average Bonchev–Trinajstić information content (AvgIpc) is 2.81. The zero-order valence-corrected chi connectivity index (χ0v) is 11.8. The van der Waals surface area contributed by atoms with Gasteiger partial charge in [-0.05, 0) is 32.8 Å². The molecule has 20 heavy (non-hydrogen) atoms. The first-order valence-electron chi connectivity index (χ1n) is 6.93. The summed E-state index contributed by atoms with van der Waals surface area (Å²) in [6, 6.07) is 7.79. The first kappa shape index (κ1) is 13.1. The normalized spacial score (nSPS) is 21.8. The minimum Gasteiger partial charge on any atom is -0.375 e. The number of para-hydroxylation sites is 1. The summed E-state index contributed by atoms with van der Waals surface area (Å²) in [5.74, 6) is -0.120. The fourth-order valence-electron chi connectivity index (χ4n) is 2.75. The van der Waals surface area contributed by atoms with Crippen LogP contribution in [0.15, 0.2) is 24.3 Å². The summed E-state index contributed by atoms with van der Waals surface area (Å²) in [4.78, 5) is 12.4. The number of benzene rings is 1. The highest BCUT2D eigenvalue weighted by molar-refractivity contribution is 6.04. The van der Waals surface area contributed by atoms with Crippen molar-refractivity contribution in [3.05, 3.63) is 30.0 Å². The number of carbonyl (C=O) groups is 1. The van der Waals surface area contributed by atoms with Crippen LogP contribution in [0.25, 0.3) is 10.9 Å². The Hall–Kier alpha value is -1.88. The number of rotatable bonds is 2. The molecule has 0 bridgehead atoms. The van der Waals surface area contributed by atoms with Crippen LogP contribution in [0.4, 0.5) is 0 Å². The Morgan fingerprint density at radius 2 is 2.25 bits per heavy atom. The van der Waals surface area contributed by atoms with E-state index in [2.05, 4.69) is 29.4 Å². The summed E-state index contributed by atoms with van der Waals surface area (Å²) in [5.41, 5.74) is 1.17. The van der Waals surface area contributed by atoms with Crippen molar-refractivity contribution in [1.29, 1.82) is 0 Å². The van der Waals surface area contributed by atoms with E-state index in [0.29, 0.717) is 12.3 Å². The molecule has 1 aliphatic rings. The number of aromatic amines is 1. The fourth-order valence-corrected chi connectivity index (χ4v) is 2.75. The van der Waals surface area contributed by atoms with Crippen LogP contribution in [0.2, 0.25) is 0 Å². The second-order valence-electron chi connectivity index (χ2n) is 5.89. The third kappa shape index (κ3) is 2.54. The number of nitrogens with one attached hydrogen (secondary N) is 2. The minimum absolute atomic E-state index is 0.120. The van der Waals surface area contributed by atoms with Gasteiger partial charge in [0.25, 0.3) is 5.91 Å². The molecule has 3 rings (SSSR count). The van der Waals surface area contributed by atoms with Crippen LogP contribution in [0.3, 0.4) is 0 Å². The molecule has 5 nitrogen and oxygen atoms in total. The average molecular weight is 273 g/mol. The van der Waals surface area contributed by atoms with Gasteiger partial charge in [-0.3, -0.25) is 9.89 Å². The number of carbonyl (C=O) groups excluding carboxylic acids is 1. The van der Waals surface area contributed by atoms with E-state index in [4.69, 9.17) is 4.74 Å². The molecular formula is C15H19N3O2. The Bertz CT molecular complexity index is 633. The SMILES string of the molecule is CC1(C)CC(NC(=O)c2n[nH]c3ccccc23)CCO1. The molecule has 5 heteroatoms. The van der Waals surface area contributed by atoms with Gasteiger partial charge < -0.3 is 10.1 Å². The maximum atomic E-state index is 12.4. The van der Waals surface area contributed by atoms with Crippen LogP contribution in [0.5, 0.6) is 0 Å². The molecule has 1 amide bonds. The maximum Gasteiger partial charge on any atom is 0.272 e. The third-order valence-electron chi connectivity index (χ3n) is 3.72. The number of H-pyrrole nitrogens is 1. The monoisotopic (exact) mass is 273 g/mol. The van der Waals surface area contributed by atoms with Crippen molar-refractivity contribution in [2.45, 2.75) is 38.3 Å². The molecule has 1 atom stereocenters. The Labute approximate surface area is 117 Å². The highest BCUT2D eigenvalue weighted by atomic mass is 16.5. The Kier molecular flexibility index (Phi) is 3.22. The molecule has 1 aromatic carbocycles. The molecule has 0 spiro atoms. The molecular weight excluding hydrogens is 254 g/mol. The quantitative estimate of drug-likeness (QED) is 0.882. The van der Waals surface area contributed by atoms with E-state index >= 15 is 0 Å². The molecule has 0 saturated carbocycles. The number of hydrogen-bond acceptors (Lipinski definition) is 3. The number of nitrogens with zero attached hydrogens (tertiary/aromatic N) is 1. The van der Waals surface area contributed by atoms with Gasteiger partial charge in [0.15, 0.2) is 5.69 Å². The summed E-state index contributed by atoms with van der Waals surface area (Å²) in [6.07, 6.45) is 1.67. The lowest BCUT2D eigenvalue weighted by Gasteiger charge is -2.35. The fraction of sp³-hybridized carbons (Fsp3) is 0.467. The number of ether oxygens (including phenoxy) is 1. The number of fused-ring (bicyclic) bond motifs is 1. The maximum absolute atomic E-state index is 12.4. The molecule has 1 saturated heterocycles. The predicted octanol–water partition coefficient (Wildman–Crippen LogP) is 2.25. The molecule has 106 valence electrons. The van der Waals surface area contributed by atoms with E-state index in [0.717, 1.165) is 23.7 Å². The number of aromatic nitrogens is 2. The van der Waals surface area contributed by atoms with Gasteiger partial charge in [0.05, 0.1) is 11.1 Å². The highest BCUT2D eigenvalue weighted by Crippen LogP contribution is 2.24. The van der Waals surface area contributed by atoms with Crippen LogP contribution in [-0.2, 0) is 4.74 Å². The van der Waals surface area contributed by atoms with E-state index in [9.17, 15) is 4.79 Å². The summed E-state index contributed by atoms with van der Waals surface area (Å²) in [6.45, 7) is 4.78. The summed E-state index contributed by atoms with van der Waals surface area (Å²) in [7, 11) is 0. The van der Waals surface area contributed by atoms with E-state index in [1.807, 2.05) is 24.3 Å². The van der Waals surface area contributed by atoms with Gasteiger partial charge in [-0.25, -0.2) is 0 Å². The summed E-state index contributed by atoms with van der Waals surface area (Å²) >= 11 is 0. The van der Waals surface area contributed by atoms with Crippen molar-refractivity contribution in [3.8, 4) is 0 Å². The lowest BCUT2D eigenvalue weighted by atomic mass is 9.94. The van der Waals surface area contributed by atoms with Crippen molar-refractivity contribution in [3.63, 3.8) is 0 Å². The molecule has 1 aromatic heterocycles. The van der Waals surface area contributed by atoms with E-state index in [1.54, 1.807) is 0 Å². The lowest BCUT2D eigenvalue weighted by Crippen LogP contribution is -2.45. The number of hydrogen-bond donors (Lipinski definition) is 2. The van der Waals surface area contributed by atoms with Gasteiger partial charge >= 0.3 is 0 Å². The Morgan fingerprint density at radius 3 is 3.05 bits per heavy atom. The first-order chi connectivity index (χ1) is 9.55. The number of amides is 1. The van der Waals surface area contributed by atoms with Gasteiger partial charge in [0.2, 0.25) is 0 Å². The van der Waals surface area contributed by atoms with Gasteiger partial charge in [-0.15, -0.1) is 0 Å².